The van der Waals surface area contributed by atoms with Crippen molar-refractivity contribution in [1.82, 2.24) is 21.3 Å². The Bertz CT molecular complexity index is 2120. The number of phosphoric acid groups is 2. The normalized spacial score (nSPS) is 14.4. The van der Waals surface area contributed by atoms with E-state index in [2.05, 4.69) is 87.1 Å². The van der Waals surface area contributed by atoms with Crippen molar-refractivity contribution in [2.45, 2.75) is 367 Å². The Hall–Kier alpha value is -1.64. The summed E-state index contributed by atoms with van der Waals surface area (Å²) in [4.78, 5) is 105. The van der Waals surface area contributed by atoms with Crippen molar-refractivity contribution in [3.63, 3.8) is 0 Å². The van der Waals surface area contributed by atoms with Gasteiger partial charge >= 0.3 is 71.1 Å². The number of hydrogen-bond donors (Lipinski definition) is 6. The maximum Gasteiger partial charge on any atom is 1.00 e. The van der Waals surface area contributed by atoms with Gasteiger partial charge in [-0.05, 0) is 103 Å². The van der Waals surface area contributed by atoms with Gasteiger partial charge in [0.25, 0.3) is 15.6 Å². The number of rotatable bonds is 76. The van der Waals surface area contributed by atoms with Crippen molar-refractivity contribution in [3.05, 3.63) is 24.3 Å². The first-order valence-corrected chi connectivity index (χ1v) is 43.2. The average Bonchev–Trinajstić information content (AvgIpc) is 0.914. The average molecular weight is 1550 g/mol. The molecule has 8 atom stereocenters. The van der Waals surface area contributed by atoms with Crippen LogP contribution >= 0.6 is 15.6 Å². The molecule has 24 nitrogen and oxygen atoms in total. The molecule has 105 heavy (non-hydrogen) atoms. The van der Waals surface area contributed by atoms with E-state index < -0.39 is 121 Å². The zero-order valence-corrected chi connectivity index (χ0v) is 72.6. The second-order valence-corrected chi connectivity index (χ2v) is 30.3. The van der Waals surface area contributed by atoms with Crippen LogP contribution in [0.15, 0.2) is 24.3 Å². The predicted octanol–water partition coefficient (Wildman–Crippen LogP) is 8.56. The Kier molecular flexibility index (Phi) is 78.2. The summed E-state index contributed by atoms with van der Waals surface area (Å²) in [6.45, 7) is 9.66. The van der Waals surface area contributed by atoms with Gasteiger partial charge in [0.05, 0.1) is 76.8 Å². The molecule has 28 heteroatoms. The van der Waals surface area contributed by atoms with Crippen LogP contribution in [0.3, 0.4) is 0 Å². The molecule has 0 aromatic carbocycles. The predicted molar refractivity (Wildman–Crippen MR) is 402 cm³/mol. The van der Waals surface area contributed by atoms with Crippen molar-refractivity contribution in [1.29, 1.82) is 0 Å². The fourth-order valence-corrected chi connectivity index (χ4v) is 12.7. The quantitative estimate of drug-likeness (QED) is 0.00829. The number of allylic oxidation sites excluding steroid dienone is 4. The van der Waals surface area contributed by atoms with E-state index in [-0.39, 0.29) is 124 Å². The molecule has 0 saturated carbocycles. The zero-order valence-electron chi connectivity index (χ0n) is 66.8. The maximum absolute atomic E-state index is 13.6. The Morgan fingerprint density at radius 3 is 1.01 bits per heavy atom. The number of aliphatic hydroxyl groups excluding tert-OH is 2. The van der Waals surface area contributed by atoms with E-state index in [1.54, 1.807) is 0 Å². The summed E-state index contributed by atoms with van der Waals surface area (Å²) in [5.41, 5.74) is 0. The molecule has 0 spiro atoms. The second-order valence-electron chi connectivity index (χ2n) is 27.5. The molecule has 0 aromatic heterocycles. The van der Waals surface area contributed by atoms with E-state index >= 15 is 0 Å². The molecule has 6 unspecified atom stereocenters. The molecule has 0 radical (unpaired) electrons. The summed E-state index contributed by atoms with van der Waals surface area (Å²) < 4.78 is 69.7. The largest absolute Gasteiger partial charge is 1.00 e. The Labute approximate surface area is 678 Å². The summed E-state index contributed by atoms with van der Waals surface area (Å²) in [5.74, 6) is -3.44. The molecule has 0 aromatic rings. The van der Waals surface area contributed by atoms with Crippen LogP contribution in [0.5, 0.6) is 0 Å². The Balaban J connectivity index is -0.0000520. The van der Waals surface area contributed by atoms with E-state index in [0.29, 0.717) is 51.4 Å². The van der Waals surface area contributed by atoms with Crippen molar-refractivity contribution < 1.29 is 154 Å². The molecule has 604 valence electrons. The van der Waals surface area contributed by atoms with Crippen LogP contribution in [0.25, 0.3) is 0 Å². The molecule has 0 heterocycles. The van der Waals surface area contributed by atoms with Crippen LogP contribution in [0.4, 0.5) is 0 Å². The van der Waals surface area contributed by atoms with Crippen LogP contribution in [0.2, 0.25) is 0 Å². The van der Waals surface area contributed by atoms with Crippen molar-refractivity contribution in [3.8, 4) is 0 Å². The van der Waals surface area contributed by atoms with Gasteiger partial charge in [0.2, 0.25) is 23.6 Å². The fourth-order valence-electron chi connectivity index (χ4n) is 11.2. The number of ether oxygens (including phenoxy) is 4. The molecule has 0 aliphatic heterocycles. The number of carbonyl (C=O) groups is 6. The number of unbranched alkanes of at least 4 members (excludes halogenated alkanes) is 26. The molecule has 0 rings (SSSR count). The molecule has 4 amide bonds. The summed E-state index contributed by atoms with van der Waals surface area (Å²) in [7, 11) is -10.1. The van der Waals surface area contributed by atoms with Gasteiger partial charge in [-0.25, -0.2) is 0 Å². The number of phosphoric ester groups is 2. The first-order valence-electron chi connectivity index (χ1n) is 40.2. The SMILES string of the molecule is CCCCCC/C=C\CCCC(=O)O[C@H](CCCCCCC)CC(=O)NC(COCCC(O)CCCCCCC)COP(=O)([O-])OCCNC(=O)CC(=O)NCCOP(=O)([O-])OCC(COCCC(O)CCCCCCC)NC(=O)C[C@@H](CCCCCCC)OC(=O)CCC/C=C\CCCCCC.[Na+].[Na+]. The number of nitrogens with one attached hydrogen (secondary N) is 4. The Morgan fingerprint density at radius 2 is 0.676 bits per heavy atom. The van der Waals surface area contributed by atoms with Gasteiger partial charge in [-0.1, -0.05) is 220 Å². The minimum absolute atomic E-state index is 0. The number of aliphatic hydroxyl groups is 2. The van der Waals surface area contributed by atoms with Gasteiger partial charge in [0.1, 0.15) is 18.6 Å². The molecular weight excluding hydrogens is 1410 g/mol. The zero-order chi connectivity index (χ0) is 76.1. The molecule has 0 bridgehead atoms. The van der Waals surface area contributed by atoms with Crippen LogP contribution < -0.4 is 90.2 Å². The molecule has 0 fully saturated rings. The first kappa shape index (κ1) is 108. The van der Waals surface area contributed by atoms with E-state index in [9.17, 15) is 57.9 Å². The number of esters is 2. The van der Waals surface area contributed by atoms with Crippen molar-refractivity contribution in [2.75, 3.05) is 65.9 Å². The van der Waals surface area contributed by atoms with Gasteiger partial charge in [0.15, 0.2) is 0 Å². The third-order valence-corrected chi connectivity index (χ3v) is 19.3. The van der Waals surface area contributed by atoms with E-state index in [0.717, 1.165) is 167 Å². The van der Waals surface area contributed by atoms with Crippen LogP contribution in [0.1, 0.15) is 330 Å². The third kappa shape index (κ3) is 73.6. The van der Waals surface area contributed by atoms with E-state index in [1.807, 2.05) is 0 Å². The fraction of sp³-hybridized carbons (Fsp3) is 0.870. The topological polar surface area (TPSA) is 345 Å². The number of carbonyl (C=O) groups excluding carboxylic acids is 6. The summed E-state index contributed by atoms with van der Waals surface area (Å²) in [6.07, 6.45) is 42.2. The molecule has 0 aliphatic rings. The summed E-state index contributed by atoms with van der Waals surface area (Å²) in [5, 5.41) is 31.4. The second kappa shape index (κ2) is 76.4. The maximum atomic E-state index is 13.6. The van der Waals surface area contributed by atoms with Crippen molar-refractivity contribution >= 4 is 51.2 Å². The van der Waals surface area contributed by atoms with Crippen LogP contribution in [-0.4, -0.2) is 148 Å². The standard InChI is InChI=1S/C77H146N4O20P2.2Na/c1-7-13-19-25-27-29-31-37-43-49-76(88)100-70(47-41-35-23-17-11-5)59-74(86)80-66(62-94-55-51-68(82)45-39-33-21-15-9-3)64-98-102(90,91)96-57-53-78-72(84)61-73(85)79-54-58-97-103(92,93)99-65-67(63-95-56-52-69(83)46-40-34-22-16-10-4)81-75(87)60-71(48-42-36-24-18-12-6)101-77(89)50-44-38-32-30-28-26-20-14-8-2;;/h29-32,66-71,82-83H,7-28,33-65H2,1-6H3,(H,78,84)(H,79,85)(H,80,86)(H,81,87)(H,90,91)(H,92,93);;/q;2*+1/p-2/b31-29-,32-30-;;/t66?,67?,68?,69?,70-,71-;;/m1../s1. The van der Waals surface area contributed by atoms with Gasteiger partial charge < -0.3 is 78.3 Å². The third-order valence-electron chi connectivity index (χ3n) is 17.3. The number of hydrogen-bond acceptors (Lipinski definition) is 20. The minimum atomic E-state index is -5.06. The molecular formula is C77H144N4Na2O20P2. The molecule has 0 saturated heterocycles. The van der Waals surface area contributed by atoms with Gasteiger partial charge in [-0.3, -0.25) is 37.9 Å². The van der Waals surface area contributed by atoms with Crippen molar-refractivity contribution in [2.24, 2.45) is 0 Å². The van der Waals surface area contributed by atoms with Gasteiger partial charge in [-0.15, -0.1) is 0 Å². The molecule has 0 aliphatic carbocycles. The Morgan fingerprint density at radius 1 is 0.371 bits per heavy atom. The van der Waals surface area contributed by atoms with E-state index in [1.165, 1.54) is 38.5 Å². The minimum Gasteiger partial charge on any atom is -0.756 e. The monoisotopic (exact) mass is 1550 g/mol. The summed E-state index contributed by atoms with van der Waals surface area (Å²) in [6, 6.07) is -2.01. The first-order chi connectivity index (χ1) is 49.7. The number of amides is 4. The smallest absolute Gasteiger partial charge is 0.756 e. The summed E-state index contributed by atoms with van der Waals surface area (Å²) >= 11 is 0. The molecule has 6 N–H and O–H groups in total. The van der Waals surface area contributed by atoms with Gasteiger partial charge in [-0.2, -0.15) is 0 Å². The van der Waals surface area contributed by atoms with Gasteiger partial charge in [0, 0.05) is 39.1 Å². The van der Waals surface area contributed by atoms with Crippen LogP contribution in [-0.2, 0) is 74.9 Å². The van der Waals surface area contributed by atoms with Crippen LogP contribution in [0, 0.1) is 0 Å². The van der Waals surface area contributed by atoms with E-state index in [4.69, 9.17) is 37.0 Å².